The Morgan fingerprint density at radius 2 is 1.31 bits per heavy atom. The van der Waals surface area contributed by atoms with E-state index in [1.165, 1.54) is 0 Å². The van der Waals surface area contributed by atoms with E-state index in [0.29, 0.717) is 6.26 Å². The minimum Gasteiger partial charge on any atom is -0.412 e. The first-order valence-corrected chi connectivity index (χ1v) is 3.97. The van der Waals surface area contributed by atoms with E-state index in [0.717, 1.165) is 0 Å². The molecule has 0 saturated carbocycles. The molecule has 0 atom stereocenters. The molecule has 0 spiro atoms. The van der Waals surface area contributed by atoms with Crippen LogP contribution in [0.4, 0.5) is 22.0 Å². The third-order valence-corrected chi connectivity index (χ3v) is 0.214. The Labute approximate surface area is 93.3 Å². The van der Waals surface area contributed by atoms with E-state index in [-0.39, 0.29) is 29.6 Å². The van der Waals surface area contributed by atoms with Gasteiger partial charge in [-0.25, -0.2) is 13.2 Å². The average Bonchev–Trinajstić information content (AvgIpc) is 1.55. The fraction of sp³-hybridized carbons (Fsp3) is 0.667. The Kier molecular flexibility index (Phi) is 10.2. The van der Waals surface area contributed by atoms with Crippen molar-refractivity contribution < 1.29 is 64.5 Å². The Hall–Kier alpha value is 0.560. The van der Waals surface area contributed by atoms with Crippen LogP contribution in [-0.4, -0.2) is 25.4 Å². The smallest absolute Gasteiger partial charge is 0.412 e. The van der Waals surface area contributed by atoms with Crippen LogP contribution in [0.25, 0.3) is 0 Å². The monoisotopic (exact) mass is 238 g/mol. The van der Waals surface area contributed by atoms with Gasteiger partial charge in [0.15, 0.2) is 0 Å². The summed E-state index contributed by atoms with van der Waals surface area (Å²) < 4.78 is 77.7. The summed E-state index contributed by atoms with van der Waals surface area (Å²) in [7, 11) is -3.67. The number of rotatable bonds is 0. The molecule has 0 aromatic carbocycles. The summed E-state index contributed by atoms with van der Waals surface area (Å²) in [5.41, 5.74) is 0. The van der Waals surface area contributed by atoms with Crippen molar-refractivity contribution in [3.63, 3.8) is 0 Å². The molecule has 3 nitrogen and oxygen atoms in total. The van der Waals surface area contributed by atoms with E-state index in [4.69, 9.17) is 4.55 Å². The van der Waals surface area contributed by atoms with E-state index in [1.807, 2.05) is 0 Å². The maximum absolute atomic E-state index is 10.4. The molecular weight excluding hydrogens is 234 g/mol. The fourth-order valence-corrected chi connectivity index (χ4v) is 0. The van der Waals surface area contributed by atoms with Gasteiger partial charge in [-0.05, 0) is 0 Å². The number of halogens is 5. The first-order chi connectivity index (χ1) is 4.94. The van der Waals surface area contributed by atoms with Crippen LogP contribution in [0.3, 0.4) is 0 Å². The standard InChI is InChI=1S/C2F5.CH4O3S.Na/c3-1(4)2(5,6)7;1-5(2,3)4;/h;1H3,(H,2,3,4);/q-1;;+1. The van der Waals surface area contributed by atoms with Crippen LogP contribution in [-0.2, 0) is 10.1 Å². The largest absolute Gasteiger partial charge is 1.00 e. The molecule has 0 aliphatic rings. The molecule has 0 bridgehead atoms. The maximum atomic E-state index is 10.4. The Bertz CT molecular complexity index is 202. The molecule has 0 aromatic heterocycles. The predicted octanol–water partition coefficient (Wildman–Crippen LogP) is -1.51. The molecule has 0 aromatic rings. The van der Waals surface area contributed by atoms with Crippen molar-refractivity contribution in [2.45, 2.75) is 6.18 Å². The Morgan fingerprint density at radius 1 is 1.23 bits per heavy atom. The van der Waals surface area contributed by atoms with Gasteiger partial charge in [-0.15, -0.1) is 0 Å². The molecule has 0 rings (SSSR count). The Morgan fingerprint density at radius 3 is 1.31 bits per heavy atom. The van der Waals surface area contributed by atoms with Crippen molar-refractivity contribution in [1.29, 1.82) is 0 Å². The zero-order valence-corrected chi connectivity index (χ0v) is 9.38. The summed E-state index contributed by atoms with van der Waals surface area (Å²) in [6.07, 6.45) is -8.21. The van der Waals surface area contributed by atoms with E-state index in [9.17, 15) is 30.4 Å². The molecule has 0 aliphatic heterocycles. The molecule has 0 aliphatic carbocycles. The van der Waals surface area contributed by atoms with Gasteiger partial charge in [0.1, 0.15) is 6.43 Å². The van der Waals surface area contributed by atoms with Crippen LogP contribution >= 0.6 is 0 Å². The van der Waals surface area contributed by atoms with Crippen molar-refractivity contribution in [1.82, 2.24) is 0 Å². The number of alkyl halides is 3. The van der Waals surface area contributed by atoms with E-state index < -0.39 is 22.7 Å². The fourth-order valence-electron chi connectivity index (χ4n) is 0. The van der Waals surface area contributed by atoms with Gasteiger partial charge < -0.3 is 8.78 Å². The predicted molar refractivity (Wildman–Crippen MR) is 29.0 cm³/mol. The second-order valence-electron chi connectivity index (χ2n) is 1.49. The van der Waals surface area contributed by atoms with Gasteiger partial charge in [0.25, 0.3) is 10.1 Å². The number of hydrogen-bond donors (Lipinski definition) is 1. The summed E-state index contributed by atoms with van der Waals surface area (Å²) >= 11 is 0. The first kappa shape index (κ1) is 19.2. The average molecular weight is 238 g/mol. The second-order valence-corrected chi connectivity index (χ2v) is 2.96. The van der Waals surface area contributed by atoms with Crippen molar-refractivity contribution in [3.05, 3.63) is 6.43 Å². The molecule has 76 valence electrons. The molecule has 0 fully saturated rings. The zero-order valence-electron chi connectivity index (χ0n) is 6.56. The molecule has 0 radical (unpaired) electrons. The first-order valence-electron chi connectivity index (χ1n) is 2.12. The van der Waals surface area contributed by atoms with Crippen LogP contribution in [0, 0.1) is 6.43 Å². The summed E-state index contributed by atoms with van der Waals surface area (Å²) in [6.45, 7) is 0. The van der Waals surface area contributed by atoms with Crippen molar-refractivity contribution in [2.24, 2.45) is 0 Å². The minimum atomic E-state index is -5.42. The van der Waals surface area contributed by atoms with Crippen LogP contribution in [0.15, 0.2) is 0 Å². The second kappa shape index (κ2) is 6.93. The quantitative estimate of drug-likeness (QED) is 0.241. The van der Waals surface area contributed by atoms with Crippen LogP contribution in [0.2, 0.25) is 0 Å². The topological polar surface area (TPSA) is 54.4 Å². The molecular formula is C3H4F5NaO3S. The minimum absolute atomic E-state index is 0. The third kappa shape index (κ3) is 32.5. The summed E-state index contributed by atoms with van der Waals surface area (Å²) in [5, 5.41) is 0. The van der Waals surface area contributed by atoms with Gasteiger partial charge in [-0.1, -0.05) is 0 Å². The molecule has 1 N–H and O–H groups in total. The van der Waals surface area contributed by atoms with E-state index in [1.54, 1.807) is 0 Å². The van der Waals surface area contributed by atoms with Gasteiger partial charge in [0.2, 0.25) is 0 Å². The van der Waals surface area contributed by atoms with E-state index in [2.05, 4.69) is 0 Å². The molecule has 0 heterocycles. The molecule has 0 saturated heterocycles. The van der Waals surface area contributed by atoms with E-state index >= 15 is 0 Å². The molecule has 0 unspecified atom stereocenters. The van der Waals surface area contributed by atoms with Gasteiger partial charge in [0.05, 0.1) is 6.26 Å². The van der Waals surface area contributed by atoms with Crippen molar-refractivity contribution in [2.75, 3.05) is 6.26 Å². The number of hydrogen-bond acceptors (Lipinski definition) is 2. The maximum Gasteiger partial charge on any atom is 1.00 e. The van der Waals surface area contributed by atoms with Crippen LogP contribution in [0.1, 0.15) is 0 Å². The molecule has 10 heteroatoms. The summed E-state index contributed by atoms with van der Waals surface area (Å²) in [4.78, 5) is 0. The molecule has 0 amide bonds. The summed E-state index contributed by atoms with van der Waals surface area (Å²) in [6, 6.07) is 0. The third-order valence-electron chi connectivity index (χ3n) is 0.214. The van der Waals surface area contributed by atoms with Crippen LogP contribution < -0.4 is 29.6 Å². The van der Waals surface area contributed by atoms with Crippen molar-refractivity contribution >= 4 is 10.1 Å². The zero-order chi connectivity index (χ0) is 10.6. The van der Waals surface area contributed by atoms with Gasteiger partial charge in [-0.2, -0.15) is 8.42 Å². The van der Waals surface area contributed by atoms with Gasteiger partial charge in [-0.3, -0.25) is 4.55 Å². The van der Waals surface area contributed by atoms with Crippen LogP contribution in [0.5, 0.6) is 0 Å². The van der Waals surface area contributed by atoms with Gasteiger partial charge in [0, 0.05) is 0 Å². The Balaban J connectivity index is -0.000000150. The normalized spacial score (nSPS) is 11.4. The SMILES string of the molecule is CS(=O)(=O)O.F[C-](F)C(F)(F)F.[Na+]. The molecule has 13 heavy (non-hydrogen) atoms. The summed E-state index contributed by atoms with van der Waals surface area (Å²) in [5.74, 6) is 0. The van der Waals surface area contributed by atoms with Gasteiger partial charge >= 0.3 is 35.7 Å². The van der Waals surface area contributed by atoms with Crippen molar-refractivity contribution in [3.8, 4) is 0 Å².